The Morgan fingerprint density at radius 3 is 2.25 bits per heavy atom. The fraction of sp³-hybridized carbons (Fsp3) is 0.174. The van der Waals surface area contributed by atoms with E-state index in [0.29, 0.717) is 17.3 Å². The minimum absolute atomic E-state index is 0.213. The Morgan fingerprint density at radius 1 is 0.969 bits per heavy atom. The lowest BCUT2D eigenvalue weighted by Crippen LogP contribution is -2.36. The zero-order chi connectivity index (χ0) is 22.1. The summed E-state index contributed by atoms with van der Waals surface area (Å²) in [5, 5.41) is 4.28. The molecule has 0 bridgehead atoms. The van der Waals surface area contributed by atoms with Gasteiger partial charge in [-0.2, -0.15) is 4.98 Å². The molecule has 0 unspecified atom stereocenters. The Labute approximate surface area is 183 Å². The second-order valence-electron chi connectivity index (χ2n) is 7.66. The third-order valence-corrected chi connectivity index (χ3v) is 5.88. The van der Waals surface area contributed by atoms with Crippen molar-refractivity contribution in [3.63, 3.8) is 0 Å². The van der Waals surface area contributed by atoms with Gasteiger partial charge in [0.1, 0.15) is 5.69 Å². The van der Waals surface area contributed by atoms with Crippen molar-refractivity contribution in [2.45, 2.75) is 24.7 Å². The highest BCUT2D eigenvalue weighted by Gasteiger charge is 2.44. The van der Waals surface area contributed by atoms with E-state index in [1.807, 2.05) is 12.1 Å². The third-order valence-electron chi connectivity index (χ3n) is 5.88. The monoisotopic (exact) mass is 425 g/mol. The highest BCUT2D eigenvalue weighted by atomic mass is 16.5. The predicted molar refractivity (Wildman–Crippen MR) is 118 cm³/mol. The van der Waals surface area contributed by atoms with Crippen molar-refractivity contribution >= 4 is 18.6 Å². The Morgan fingerprint density at radius 2 is 1.66 bits per heavy atom. The number of hydrogen-bond acceptors (Lipinski definition) is 8. The van der Waals surface area contributed by atoms with Crippen molar-refractivity contribution in [1.82, 2.24) is 25.1 Å². The zero-order valence-electron chi connectivity index (χ0n) is 17.1. The van der Waals surface area contributed by atoms with Crippen LogP contribution in [-0.2, 0) is 5.41 Å². The lowest BCUT2D eigenvalue weighted by Gasteiger charge is -2.39. The second kappa shape index (κ2) is 7.77. The largest absolute Gasteiger partial charge is 0.368 e. The summed E-state index contributed by atoms with van der Waals surface area (Å²) in [4.78, 5) is 31.8. The van der Waals surface area contributed by atoms with E-state index in [1.165, 1.54) is 6.20 Å². The van der Waals surface area contributed by atoms with Crippen molar-refractivity contribution in [2.75, 3.05) is 5.73 Å². The molecule has 0 radical (unpaired) electrons. The van der Waals surface area contributed by atoms with Crippen LogP contribution in [-0.4, -0.2) is 37.7 Å². The molecule has 9 heteroatoms. The third kappa shape index (κ3) is 3.33. The van der Waals surface area contributed by atoms with Crippen molar-refractivity contribution in [2.24, 2.45) is 4.99 Å². The van der Waals surface area contributed by atoms with Gasteiger partial charge in [0, 0.05) is 24.2 Å². The summed E-state index contributed by atoms with van der Waals surface area (Å²) in [5.41, 5.74) is 9.18. The van der Waals surface area contributed by atoms with Crippen LogP contribution in [0.15, 0.2) is 64.5 Å². The number of nitrogens with two attached hydrogens (primary N) is 1. The van der Waals surface area contributed by atoms with Gasteiger partial charge in [0.25, 0.3) is 11.8 Å². The first-order chi connectivity index (χ1) is 15.6. The maximum atomic E-state index is 11.6. The van der Waals surface area contributed by atoms with Gasteiger partial charge < -0.3 is 10.3 Å². The first-order valence-corrected chi connectivity index (χ1v) is 10.1. The number of aliphatic imine (C=N–C) groups is 1. The number of carbonyl (C=O) groups excluding carboxylic acids is 1. The first-order valence-electron chi connectivity index (χ1n) is 10.1. The van der Waals surface area contributed by atoms with E-state index in [4.69, 9.17) is 10.3 Å². The molecule has 158 valence electrons. The van der Waals surface area contributed by atoms with Gasteiger partial charge in [0.15, 0.2) is 5.82 Å². The molecule has 32 heavy (non-hydrogen) atoms. The summed E-state index contributed by atoms with van der Waals surface area (Å²) in [6, 6.07) is 11.5. The smallest absolute Gasteiger partial charge is 0.294 e. The molecule has 1 aliphatic rings. The van der Waals surface area contributed by atoms with Gasteiger partial charge in [-0.15, -0.1) is 0 Å². The average Bonchev–Trinajstić information content (AvgIpc) is 3.29. The number of benzene rings is 1. The van der Waals surface area contributed by atoms with Gasteiger partial charge in [0.2, 0.25) is 5.95 Å². The minimum Gasteiger partial charge on any atom is -0.368 e. The van der Waals surface area contributed by atoms with Gasteiger partial charge >= 0.3 is 0 Å². The van der Waals surface area contributed by atoms with E-state index in [-0.39, 0.29) is 17.1 Å². The van der Waals surface area contributed by atoms with Crippen molar-refractivity contribution in [3.8, 4) is 22.6 Å². The quantitative estimate of drug-likeness (QED) is 0.480. The second-order valence-corrected chi connectivity index (χ2v) is 7.66. The van der Waals surface area contributed by atoms with Gasteiger partial charge in [0.05, 0.1) is 11.0 Å². The van der Waals surface area contributed by atoms with Crippen LogP contribution in [0.2, 0.25) is 0 Å². The van der Waals surface area contributed by atoms with Crippen LogP contribution in [0.4, 0.5) is 5.95 Å². The number of carbonyl (C=O) groups is 1. The molecule has 0 aliphatic heterocycles. The molecule has 3 heterocycles. The maximum absolute atomic E-state index is 11.6. The molecule has 0 spiro atoms. The molecule has 1 saturated carbocycles. The Bertz CT molecular complexity index is 1280. The van der Waals surface area contributed by atoms with E-state index < -0.39 is 5.91 Å². The fourth-order valence-electron chi connectivity index (χ4n) is 3.90. The Kier molecular flexibility index (Phi) is 4.78. The summed E-state index contributed by atoms with van der Waals surface area (Å²) in [7, 11) is 0. The number of hydrogen-bond donors (Lipinski definition) is 1. The van der Waals surface area contributed by atoms with Crippen LogP contribution >= 0.6 is 0 Å². The van der Waals surface area contributed by atoms with Crippen LogP contribution in [0.1, 0.15) is 41.1 Å². The van der Waals surface area contributed by atoms with E-state index in [1.54, 1.807) is 24.5 Å². The zero-order valence-corrected chi connectivity index (χ0v) is 17.1. The number of anilines is 1. The summed E-state index contributed by atoms with van der Waals surface area (Å²) in [5.74, 6) is 0.779. The van der Waals surface area contributed by atoms with Crippen LogP contribution in [0.3, 0.4) is 0 Å². The fourth-order valence-corrected chi connectivity index (χ4v) is 3.90. The van der Waals surface area contributed by atoms with E-state index >= 15 is 0 Å². The molecule has 0 saturated heterocycles. The SMILES string of the molecule is C=NC(=O)c1ccc(-c2nc(C3(c4ccc(-c5cnc(N)nc5)cc4)CCC3)no2)cn1. The number of aromatic nitrogens is 5. The lowest BCUT2D eigenvalue weighted by atomic mass is 9.64. The maximum Gasteiger partial charge on any atom is 0.294 e. The van der Waals surface area contributed by atoms with Crippen LogP contribution in [0, 0.1) is 0 Å². The van der Waals surface area contributed by atoms with Gasteiger partial charge in [-0.05, 0) is 42.8 Å². The topological polar surface area (TPSA) is 133 Å². The summed E-state index contributed by atoms with van der Waals surface area (Å²) >= 11 is 0. The average molecular weight is 425 g/mol. The van der Waals surface area contributed by atoms with Crippen LogP contribution in [0.5, 0.6) is 0 Å². The van der Waals surface area contributed by atoms with Crippen LogP contribution < -0.4 is 5.73 Å². The lowest BCUT2D eigenvalue weighted by molar-refractivity contribution is 0.0999. The first kappa shape index (κ1) is 19.7. The molecule has 3 aromatic heterocycles. The van der Waals surface area contributed by atoms with Gasteiger partial charge in [-0.25, -0.2) is 15.0 Å². The molecular formula is C23H19N7O2. The summed E-state index contributed by atoms with van der Waals surface area (Å²) in [6.45, 7) is 3.23. The van der Waals surface area contributed by atoms with E-state index in [9.17, 15) is 4.79 Å². The predicted octanol–water partition coefficient (Wildman–Crippen LogP) is 3.48. The standard InChI is InChI=1S/C23H19N7O2/c1-25-19(31)18-8-5-15(11-26-18)20-29-21(30-32-20)23(9-2-10-23)17-6-3-14(4-7-17)16-12-27-22(24)28-13-16/h3-8,11-13H,1-2,9-10H2,(H2,24,27,28). The highest BCUT2D eigenvalue weighted by molar-refractivity contribution is 5.95. The molecule has 1 fully saturated rings. The van der Waals surface area contributed by atoms with Crippen LogP contribution in [0.25, 0.3) is 22.6 Å². The Hall–Kier alpha value is -4.27. The molecule has 4 aromatic rings. The minimum atomic E-state index is -0.481. The summed E-state index contributed by atoms with van der Waals surface area (Å²) in [6.07, 6.45) is 7.90. The van der Waals surface area contributed by atoms with Crippen molar-refractivity contribution < 1.29 is 9.32 Å². The Balaban J connectivity index is 1.42. The molecule has 5 rings (SSSR count). The molecule has 1 amide bonds. The normalized spacial score (nSPS) is 14.5. The van der Waals surface area contributed by atoms with Gasteiger partial charge in [-0.3, -0.25) is 9.78 Å². The van der Waals surface area contributed by atoms with Crippen molar-refractivity contribution in [1.29, 1.82) is 0 Å². The molecular weight excluding hydrogens is 406 g/mol. The molecule has 2 N–H and O–H groups in total. The van der Waals surface area contributed by atoms with E-state index in [0.717, 1.165) is 36.0 Å². The molecule has 1 aliphatic carbocycles. The summed E-state index contributed by atoms with van der Waals surface area (Å²) < 4.78 is 5.53. The molecule has 0 atom stereocenters. The number of nitrogen functional groups attached to an aromatic ring is 1. The molecule has 9 nitrogen and oxygen atoms in total. The van der Waals surface area contributed by atoms with Gasteiger partial charge in [-0.1, -0.05) is 35.8 Å². The van der Waals surface area contributed by atoms with E-state index in [2.05, 4.69) is 48.9 Å². The number of pyridine rings is 1. The number of rotatable bonds is 5. The number of amides is 1. The van der Waals surface area contributed by atoms with Crippen molar-refractivity contribution in [3.05, 3.63) is 72.1 Å². The molecule has 1 aromatic carbocycles. The number of nitrogens with zero attached hydrogens (tertiary/aromatic N) is 6. The highest BCUT2D eigenvalue weighted by Crippen LogP contribution is 2.48.